The van der Waals surface area contributed by atoms with Crippen molar-refractivity contribution in [1.82, 2.24) is 10.2 Å². The monoisotopic (exact) mass is 396 g/mol. The van der Waals surface area contributed by atoms with Crippen molar-refractivity contribution in [3.63, 3.8) is 0 Å². The number of thiophene rings is 1. The Kier molecular flexibility index (Phi) is 5.58. The van der Waals surface area contributed by atoms with E-state index in [1.165, 1.54) is 4.88 Å². The summed E-state index contributed by atoms with van der Waals surface area (Å²) in [6, 6.07) is 8.59. The van der Waals surface area contributed by atoms with E-state index in [1.807, 2.05) is 6.07 Å². The van der Waals surface area contributed by atoms with Crippen LogP contribution in [0.2, 0.25) is 0 Å². The first-order chi connectivity index (χ1) is 11.2. The highest BCUT2D eigenvalue weighted by Gasteiger charge is 2.28. The molecule has 0 unspecified atom stereocenters. The van der Waals surface area contributed by atoms with E-state index in [9.17, 15) is 0 Å². The molecule has 0 bridgehead atoms. The minimum absolute atomic E-state index is 0.189. The SMILES string of the molecule is COc1cc([C@@H](c2cccs2)N2CCNCC2)c(OC)cc1Br. The Hall–Kier alpha value is -1.08. The van der Waals surface area contributed by atoms with Gasteiger partial charge in [0.1, 0.15) is 11.5 Å². The van der Waals surface area contributed by atoms with E-state index in [1.54, 1.807) is 25.6 Å². The Morgan fingerprint density at radius 3 is 2.52 bits per heavy atom. The number of rotatable bonds is 5. The van der Waals surface area contributed by atoms with E-state index in [0.717, 1.165) is 47.7 Å². The van der Waals surface area contributed by atoms with Crippen LogP contribution < -0.4 is 14.8 Å². The topological polar surface area (TPSA) is 33.7 Å². The molecule has 1 aliphatic heterocycles. The molecule has 0 spiro atoms. The van der Waals surface area contributed by atoms with Gasteiger partial charge in [0.25, 0.3) is 0 Å². The zero-order chi connectivity index (χ0) is 16.2. The molecule has 0 saturated carbocycles. The lowest BCUT2D eigenvalue weighted by molar-refractivity contribution is 0.197. The number of benzene rings is 1. The van der Waals surface area contributed by atoms with E-state index in [-0.39, 0.29) is 6.04 Å². The standard InChI is InChI=1S/C17H21BrN2O2S/c1-21-14-11-13(18)15(22-2)10-12(14)17(16-4-3-9-23-16)20-7-5-19-6-8-20/h3-4,9-11,17,19H,5-8H2,1-2H3/t17-/m0/s1. The molecule has 1 atom stereocenters. The summed E-state index contributed by atoms with van der Waals surface area (Å²) in [5, 5.41) is 5.56. The van der Waals surface area contributed by atoms with Crippen LogP contribution >= 0.6 is 27.3 Å². The number of hydrogen-bond donors (Lipinski definition) is 1. The number of hydrogen-bond acceptors (Lipinski definition) is 5. The normalized spacial score (nSPS) is 17.0. The van der Waals surface area contributed by atoms with Crippen molar-refractivity contribution < 1.29 is 9.47 Å². The van der Waals surface area contributed by atoms with E-state index in [2.05, 4.69) is 49.7 Å². The fourth-order valence-corrected chi connectivity index (χ4v) is 4.38. The van der Waals surface area contributed by atoms with Crippen molar-refractivity contribution in [3.05, 3.63) is 44.6 Å². The first-order valence-electron chi connectivity index (χ1n) is 7.64. The molecule has 1 aliphatic rings. The molecule has 0 amide bonds. The molecule has 3 rings (SSSR count). The molecule has 0 radical (unpaired) electrons. The summed E-state index contributed by atoms with van der Waals surface area (Å²) in [6.07, 6.45) is 0. The zero-order valence-electron chi connectivity index (χ0n) is 13.3. The van der Waals surface area contributed by atoms with Crippen LogP contribution in [0, 0.1) is 0 Å². The summed E-state index contributed by atoms with van der Waals surface area (Å²) >= 11 is 5.34. The van der Waals surface area contributed by atoms with Gasteiger partial charge in [-0.05, 0) is 39.5 Å². The van der Waals surface area contributed by atoms with Gasteiger partial charge in [-0.2, -0.15) is 0 Å². The number of methoxy groups -OCH3 is 2. The number of nitrogens with zero attached hydrogens (tertiary/aromatic N) is 1. The highest BCUT2D eigenvalue weighted by molar-refractivity contribution is 9.10. The summed E-state index contributed by atoms with van der Waals surface area (Å²) in [5.74, 6) is 1.71. The molecule has 1 saturated heterocycles. The quantitative estimate of drug-likeness (QED) is 0.837. The van der Waals surface area contributed by atoms with Crippen LogP contribution in [0.5, 0.6) is 11.5 Å². The van der Waals surface area contributed by atoms with Crippen LogP contribution in [0.15, 0.2) is 34.1 Å². The molecule has 6 heteroatoms. The minimum Gasteiger partial charge on any atom is -0.496 e. The van der Waals surface area contributed by atoms with Gasteiger partial charge in [-0.25, -0.2) is 0 Å². The van der Waals surface area contributed by atoms with Crippen molar-refractivity contribution in [2.45, 2.75) is 6.04 Å². The predicted octanol–water partition coefficient (Wildman–Crippen LogP) is 3.52. The Labute approximate surface area is 149 Å². The third-order valence-corrected chi connectivity index (χ3v) is 5.67. The average molecular weight is 397 g/mol. The highest BCUT2D eigenvalue weighted by atomic mass is 79.9. The molecule has 2 aromatic rings. The van der Waals surface area contributed by atoms with Gasteiger partial charge in [-0.3, -0.25) is 4.90 Å². The van der Waals surface area contributed by atoms with E-state index < -0.39 is 0 Å². The van der Waals surface area contributed by atoms with Gasteiger partial charge in [-0.15, -0.1) is 11.3 Å². The first-order valence-corrected chi connectivity index (χ1v) is 9.31. The van der Waals surface area contributed by atoms with Gasteiger partial charge in [0.2, 0.25) is 0 Å². The first kappa shape index (κ1) is 16.8. The summed E-state index contributed by atoms with van der Waals surface area (Å²) in [4.78, 5) is 3.84. The maximum atomic E-state index is 5.67. The minimum atomic E-state index is 0.189. The molecule has 1 aromatic carbocycles. The molecular formula is C17H21BrN2O2S. The lowest BCUT2D eigenvalue weighted by Crippen LogP contribution is -2.45. The number of nitrogens with one attached hydrogen (secondary N) is 1. The lowest BCUT2D eigenvalue weighted by Gasteiger charge is -2.35. The van der Waals surface area contributed by atoms with Crippen molar-refractivity contribution in [3.8, 4) is 11.5 Å². The van der Waals surface area contributed by atoms with Crippen LogP contribution in [0.4, 0.5) is 0 Å². The molecule has 0 aliphatic carbocycles. The molecule has 1 fully saturated rings. The second-order valence-electron chi connectivity index (χ2n) is 5.43. The van der Waals surface area contributed by atoms with Crippen molar-refractivity contribution in [2.75, 3.05) is 40.4 Å². The molecule has 1 N–H and O–H groups in total. The maximum absolute atomic E-state index is 5.67. The van der Waals surface area contributed by atoms with Crippen molar-refractivity contribution in [1.29, 1.82) is 0 Å². The van der Waals surface area contributed by atoms with Crippen LogP contribution in [0.1, 0.15) is 16.5 Å². The summed E-state index contributed by atoms with van der Waals surface area (Å²) < 4.78 is 12.1. The van der Waals surface area contributed by atoms with Gasteiger partial charge < -0.3 is 14.8 Å². The maximum Gasteiger partial charge on any atom is 0.133 e. The summed E-state index contributed by atoms with van der Waals surface area (Å²) in [7, 11) is 3.42. The third kappa shape index (κ3) is 3.55. The molecular weight excluding hydrogens is 376 g/mol. The average Bonchev–Trinajstić information content (AvgIpc) is 3.11. The Morgan fingerprint density at radius 1 is 1.17 bits per heavy atom. The van der Waals surface area contributed by atoms with Gasteiger partial charge in [-0.1, -0.05) is 6.07 Å². The van der Waals surface area contributed by atoms with Gasteiger partial charge in [0.05, 0.1) is 24.7 Å². The molecule has 23 heavy (non-hydrogen) atoms. The van der Waals surface area contributed by atoms with E-state index in [0.29, 0.717) is 0 Å². The number of halogens is 1. The second kappa shape index (κ2) is 7.66. The van der Waals surface area contributed by atoms with Gasteiger partial charge in [0, 0.05) is 36.6 Å². The Bertz CT molecular complexity index is 642. The van der Waals surface area contributed by atoms with Crippen molar-refractivity contribution >= 4 is 27.3 Å². The Morgan fingerprint density at radius 2 is 1.91 bits per heavy atom. The molecule has 2 heterocycles. The third-order valence-electron chi connectivity index (χ3n) is 4.13. The second-order valence-corrected chi connectivity index (χ2v) is 7.27. The fourth-order valence-electron chi connectivity index (χ4n) is 3.01. The predicted molar refractivity (Wildman–Crippen MR) is 97.9 cm³/mol. The largest absolute Gasteiger partial charge is 0.496 e. The zero-order valence-corrected chi connectivity index (χ0v) is 15.7. The van der Waals surface area contributed by atoms with E-state index >= 15 is 0 Å². The molecule has 1 aromatic heterocycles. The lowest BCUT2D eigenvalue weighted by atomic mass is 10.0. The van der Waals surface area contributed by atoms with Crippen LogP contribution in [-0.4, -0.2) is 45.3 Å². The number of piperazine rings is 1. The Balaban J connectivity index is 2.08. The van der Waals surface area contributed by atoms with Crippen LogP contribution in [-0.2, 0) is 0 Å². The van der Waals surface area contributed by atoms with Gasteiger partial charge >= 0.3 is 0 Å². The highest BCUT2D eigenvalue weighted by Crippen LogP contribution is 2.41. The van der Waals surface area contributed by atoms with E-state index in [4.69, 9.17) is 9.47 Å². The fraction of sp³-hybridized carbons (Fsp3) is 0.412. The molecule has 124 valence electrons. The smallest absolute Gasteiger partial charge is 0.133 e. The summed E-state index contributed by atoms with van der Waals surface area (Å²) in [6.45, 7) is 4.06. The summed E-state index contributed by atoms with van der Waals surface area (Å²) in [5.41, 5.74) is 1.15. The number of ether oxygens (including phenoxy) is 2. The van der Waals surface area contributed by atoms with Gasteiger partial charge in [0.15, 0.2) is 0 Å². The van der Waals surface area contributed by atoms with Crippen LogP contribution in [0.3, 0.4) is 0 Å². The molecule has 4 nitrogen and oxygen atoms in total. The van der Waals surface area contributed by atoms with Crippen LogP contribution in [0.25, 0.3) is 0 Å². The van der Waals surface area contributed by atoms with Crippen molar-refractivity contribution in [2.24, 2.45) is 0 Å².